The Hall–Kier alpha value is -1.49. The Labute approximate surface area is 148 Å². The molecule has 1 aromatic carbocycles. The highest BCUT2D eigenvalue weighted by molar-refractivity contribution is 7.99. The van der Waals surface area contributed by atoms with Gasteiger partial charge in [-0.15, -0.1) is 11.8 Å². The highest BCUT2D eigenvalue weighted by atomic mass is 32.2. The van der Waals surface area contributed by atoms with Gasteiger partial charge in [-0.1, -0.05) is 31.4 Å². The summed E-state index contributed by atoms with van der Waals surface area (Å²) in [5, 5.41) is 0. The summed E-state index contributed by atoms with van der Waals surface area (Å²) < 4.78 is 4.69. The number of thioether (sulfide) groups is 1. The Morgan fingerprint density at radius 2 is 1.83 bits per heavy atom. The minimum Gasteiger partial charge on any atom is -0.465 e. The van der Waals surface area contributed by atoms with Gasteiger partial charge in [-0.2, -0.15) is 0 Å². The van der Waals surface area contributed by atoms with Crippen LogP contribution in [0.25, 0.3) is 0 Å². The Bertz CT molecular complexity index is 538. The molecule has 24 heavy (non-hydrogen) atoms. The summed E-state index contributed by atoms with van der Waals surface area (Å²) in [4.78, 5) is 26.0. The molecule has 0 spiro atoms. The molecule has 132 valence electrons. The molecule has 0 saturated heterocycles. The minimum atomic E-state index is -0.324. The maximum atomic E-state index is 12.5. The molecular formula is C19H27NO3S. The summed E-state index contributed by atoms with van der Waals surface area (Å²) >= 11 is 1.63. The number of benzene rings is 1. The molecule has 0 aromatic heterocycles. The fourth-order valence-electron chi connectivity index (χ4n) is 3.22. The highest BCUT2D eigenvalue weighted by Gasteiger charge is 2.23. The minimum absolute atomic E-state index is 0.251. The number of nitrogens with zero attached hydrogens (tertiary/aromatic N) is 1. The van der Waals surface area contributed by atoms with Crippen LogP contribution in [0.1, 0.15) is 54.9 Å². The number of ether oxygens (including phenoxy) is 1. The molecule has 1 aliphatic rings. The van der Waals surface area contributed by atoms with E-state index in [0.29, 0.717) is 17.4 Å². The first kappa shape index (κ1) is 18.8. The van der Waals surface area contributed by atoms with E-state index in [4.69, 9.17) is 4.74 Å². The molecule has 0 bridgehead atoms. The van der Waals surface area contributed by atoms with Crippen molar-refractivity contribution >= 4 is 23.6 Å². The summed E-state index contributed by atoms with van der Waals surface area (Å²) in [7, 11) is 1.38. The van der Waals surface area contributed by atoms with E-state index in [1.54, 1.807) is 23.9 Å². The summed E-state index contributed by atoms with van der Waals surface area (Å²) in [6, 6.07) is 7.81. The Morgan fingerprint density at radius 3 is 2.42 bits per heavy atom. The summed E-state index contributed by atoms with van der Waals surface area (Å²) in [6.45, 7) is 2.88. The van der Waals surface area contributed by atoms with Gasteiger partial charge in [0.15, 0.2) is 0 Å². The molecule has 0 aliphatic heterocycles. The Balaban J connectivity index is 1.79. The molecule has 0 radical (unpaired) electrons. The van der Waals surface area contributed by atoms with Crippen LogP contribution < -0.4 is 0 Å². The number of rotatable bonds is 7. The van der Waals surface area contributed by atoms with E-state index in [0.717, 1.165) is 30.7 Å². The third-order valence-corrected chi connectivity index (χ3v) is 5.53. The number of esters is 1. The second kappa shape index (κ2) is 9.72. The van der Waals surface area contributed by atoms with Crippen LogP contribution in [-0.4, -0.2) is 42.2 Å². The molecule has 1 saturated carbocycles. The fraction of sp³-hybridized carbons (Fsp3) is 0.579. The van der Waals surface area contributed by atoms with E-state index in [2.05, 4.69) is 11.8 Å². The van der Waals surface area contributed by atoms with Crippen molar-refractivity contribution in [3.05, 3.63) is 35.4 Å². The van der Waals surface area contributed by atoms with Crippen molar-refractivity contribution in [3.8, 4) is 0 Å². The summed E-state index contributed by atoms with van der Waals surface area (Å²) in [5.74, 6) is 1.22. The van der Waals surface area contributed by atoms with Crippen LogP contribution in [0.5, 0.6) is 0 Å². The van der Waals surface area contributed by atoms with Crippen LogP contribution in [0, 0.1) is 0 Å². The average molecular weight is 349 g/mol. The third-order valence-electron chi connectivity index (χ3n) is 4.55. The molecule has 2 rings (SSSR count). The number of carbonyl (C=O) groups excluding carboxylic acids is 2. The topological polar surface area (TPSA) is 46.6 Å². The SMILES string of the molecule is CCN(C(=O)CSCc1ccc(C(=O)OC)cc1)C1CCCCC1. The summed E-state index contributed by atoms with van der Waals surface area (Å²) in [5.41, 5.74) is 1.66. The van der Waals surface area contributed by atoms with Crippen molar-refractivity contribution in [1.82, 2.24) is 4.90 Å². The predicted molar refractivity (Wildman–Crippen MR) is 98.2 cm³/mol. The van der Waals surface area contributed by atoms with Crippen LogP contribution in [-0.2, 0) is 15.3 Å². The molecule has 1 fully saturated rings. The molecule has 5 heteroatoms. The molecule has 0 unspecified atom stereocenters. The van der Waals surface area contributed by atoms with Gasteiger partial charge in [-0.3, -0.25) is 4.79 Å². The van der Waals surface area contributed by atoms with Crippen LogP contribution in [0.3, 0.4) is 0 Å². The van der Waals surface area contributed by atoms with Gasteiger partial charge in [-0.05, 0) is 37.5 Å². The van der Waals surface area contributed by atoms with Crippen molar-refractivity contribution in [2.24, 2.45) is 0 Å². The molecule has 4 nitrogen and oxygen atoms in total. The normalized spacial score (nSPS) is 15.1. The first-order valence-corrected chi connectivity index (χ1v) is 9.85. The van der Waals surface area contributed by atoms with Gasteiger partial charge >= 0.3 is 5.97 Å². The second-order valence-corrected chi connectivity index (χ2v) is 7.14. The number of methoxy groups -OCH3 is 1. The van der Waals surface area contributed by atoms with E-state index >= 15 is 0 Å². The Morgan fingerprint density at radius 1 is 1.17 bits per heavy atom. The predicted octanol–water partition coefficient (Wildman–Crippen LogP) is 3.89. The highest BCUT2D eigenvalue weighted by Crippen LogP contribution is 2.23. The van der Waals surface area contributed by atoms with Gasteiger partial charge < -0.3 is 9.64 Å². The lowest BCUT2D eigenvalue weighted by molar-refractivity contribution is -0.131. The summed E-state index contributed by atoms with van der Waals surface area (Å²) in [6.07, 6.45) is 6.10. The molecule has 1 aromatic rings. The molecule has 0 heterocycles. The number of amides is 1. The lowest BCUT2D eigenvalue weighted by Crippen LogP contribution is -2.42. The lowest BCUT2D eigenvalue weighted by Gasteiger charge is -2.33. The molecule has 1 aliphatic carbocycles. The lowest BCUT2D eigenvalue weighted by atomic mass is 9.94. The fourth-order valence-corrected chi connectivity index (χ4v) is 4.10. The maximum Gasteiger partial charge on any atom is 0.337 e. The van der Waals surface area contributed by atoms with Gasteiger partial charge in [0.05, 0.1) is 18.4 Å². The van der Waals surface area contributed by atoms with Crippen LogP contribution in [0.2, 0.25) is 0 Å². The zero-order valence-corrected chi connectivity index (χ0v) is 15.4. The molecule has 1 amide bonds. The first-order valence-electron chi connectivity index (χ1n) is 8.70. The van der Waals surface area contributed by atoms with Gasteiger partial charge in [0, 0.05) is 18.3 Å². The average Bonchev–Trinajstić information content (AvgIpc) is 2.63. The monoisotopic (exact) mass is 349 g/mol. The van der Waals surface area contributed by atoms with Crippen molar-refractivity contribution in [2.45, 2.75) is 50.8 Å². The molecule has 0 N–H and O–H groups in total. The van der Waals surface area contributed by atoms with Crippen molar-refractivity contribution in [1.29, 1.82) is 0 Å². The van der Waals surface area contributed by atoms with E-state index in [1.165, 1.54) is 26.4 Å². The van der Waals surface area contributed by atoms with Gasteiger partial charge in [0.2, 0.25) is 5.91 Å². The van der Waals surface area contributed by atoms with Crippen LogP contribution in [0.15, 0.2) is 24.3 Å². The van der Waals surface area contributed by atoms with Crippen molar-refractivity contribution in [3.63, 3.8) is 0 Å². The quantitative estimate of drug-likeness (QED) is 0.701. The van der Waals surface area contributed by atoms with Gasteiger partial charge in [0.25, 0.3) is 0 Å². The zero-order valence-electron chi connectivity index (χ0n) is 14.6. The number of hydrogen-bond acceptors (Lipinski definition) is 4. The number of carbonyl (C=O) groups is 2. The van der Waals surface area contributed by atoms with E-state index in [-0.39, 0.29) is 11.9 Å². The van der Waals surface area contributed by atoms with Crippen molar-refractivity contribution < 1.29 is 14.3 Å². The standard InChI is InChI=1S/C19H27NO3S/c1-3-20(17-7-5-4-6-8-17)18(21)14-24-13-15-9-11-16(12-10-15)19(22)23-2/h9-12,17H,3-8,13-14H2,1-2H3. The van der Waals surface area contributed by atoms with Gasteiger partial charge in [-0.25, -0.2) is 4.79 Å². The van der Waals surface area contributed by atoms with Crippen molar-refractivity contribution in [2.75, 3.05) is 19.4 Å². The zero-order chi connectivity index (χ0) is 17.4. The van der Waals surface area contributed by atoms with E-state index in [1.807, 2.05) is 12.1 Å². The van der Waals surface area contributed by atoms with Crippen LogP contribution in [0.4, 0.5) is 0 Å². The number of hydrogen-bond donors (Lipinski definition) is 0. The molecular weight excluding hydrogens is 322 g/mol. The maximum absolute atomic E-state index is 12.5. The first-order chi connectivity index (χ1) is 11.7. The molecule has 0 atom stereocenters. The van der Waals surface area contributed by atoms with Crippen LogP contribution >= 0.6 is 11.8 Å². The van der Waals surface area contributed by atoms with E-state index < -0.39 is 0 Å². The largest absolute Gasteiger partial charge is 0.465 e. The Kier molecular flexibility index (Phi) is 7.63. The smallest absolute Gasteiger partial charge is 0.337 e. The third kappa shape index (κ3) is 5.26. The van der Waals surface area contributed by atoms with Gasteiger partial charge in [0.1, 0.15) is 0 Å². The van der Waals surface area contributed by atoms with E-state index in [9.17, 15) is 9.59 Å². The second-order valence-electron chi connectivity index (χ2n) is 6.15.